The second-order valence-corrected chi connectivity index (χ2v) is 8.77. The lowest BCUT2D eigenvalue weighted by molar-refractivity contribution is -0.118. The Morgan fingerprint density at radius 2 is 1.86 bits per heavy atom. The van der Waals surface area contributed by atoms with Gasteiger partial charge < -0.3 is 14.8 Å². The molecule has 0 saturated carbocycles. The number of carbonyl (C=O) groups excluding carboxylic acids is 1. The summed E-state index contributed by atoms with van der Waals surface area (Å²) in [6, 6.07) is 14.2. The van der Waals surface area contributed by atoms with Crippen LogP contribution < -0.4 is 24.9 Å². The maximum Gasteiger partial charge on any atom is 0.291 e. The van der Waals surface area contributed by atoms with E-state index in [9.17, 15) is 14.0 Å². The van der Waals surface area contributed by atoms with Crippen molar-refractivity contribution in [3.63, 3.8) is 0 Å². The van der Waals surface area contributed by atoms with Crippen LogP contribution in [0, 0.1) is 5.82 Å². The van der Waals surface area contributed by atoms with Gasteiger partial charge in [0.1, 0.15) is 5.82 Å². The largest absolute Gasteiger partial charge is 0.490 e. The standard InChI is InChI=1S/C26H20FN5O4S/c1-2-35-21-13-16(3-8-20(21)36-15-23(33)29-19-6-4-18(27)5-7-19)14-22-25(34)32-26(37-22)30-24(31-32)17-9-11-28-12-10-17/h3-14H,2,15H2,1H3,(H,29,33)/b22-14-. The first-order valence-corrected chi connectivity index (χ1v) is 12.1. The van der Waals surface area contributed by atoms with E-state index in [-0.39, 0.29) is 18.0 Å². The number of benzene rings is 2. The minimum atomic E-state index is -0.402. The number of halogens is 1. The molecule has 9 nitrogen and oxygen atoms in total. The summed E-state index contributed by atoms with van der Waals surface area (Å²) in [6.07, 6.45) is 5.01. The molecule has 0 unspecified atom stereocenters. The van der Waals surface area contributed by atoms with Gasteiger partial charge in [0.25, 0.3) is 11.5 Å². The number of hydrogen-bond donors (Lipinski definition) is 1. The lowest BCUT2D eigenvalue weighted by Gasteiger charge is -2.12. The molecule has 0 spiro atoms. The molecular formula is C26H20FN5O4S. The average Bonchev–Trinajstić information content (AvgIpc) is 3.45. The molecule has 0 bridgehead atoms. The molecule has 37 heavy (non-hydrogen) atoms. The molecule has 0 saturated heterocycles. The number of amides is 1. The normalized spacial score (nSPS) is 11.6. The summed E-state index contributed by atoms with van der Waals surface area (Å²) in [5, 5.41) is 6.97. The second-order valence-electron chi connectivity index (χ2n) is 7.76. The predicted molar refractivity (Wildman–Crippen MR) is 137 cm³/mol. The summed E-state index contributed by atoms with van der Waals surface area (Å²) in [5.74, 6) is 0.472. The van der Waals surface area contributed by atoms with Crippen LogP contribution in [0.3, 0.4) is 0 Å². The number of nitrogens with zero attached hydrogens (tertiary/aromatic N) is 4. The van der Waals surface area contributed by atoms with Gasteiger partial charge in [-0.2, -0.15) is 9.50 Å². The fraction of sp³-hybridized carbons (Fsp3) is 0.115. The number of fused-ring (bicyclic) bond motifs is 1. The quantitative estimate of drug-likeness (QED) is 0.336. The third kappa shape index (κ3) is 5.46. The highest BCUT2D eigenvalue weighted by molar-refractivity contribution is 7.15. The van der Waals surface area contributed by atoms with Gasteiger partial charge in [0, 0.05) is 23.6 Å². The van der Waals surface area contributed by atoms with Gasteiger partial charge in [-0.1, -0.05) is 17.4 Å². The number of aromatic nitrogens is 4. The number of thiazole rings is 1. The summed E-state index contributed by atoms with van der Waals surface area (Å²) < 4.78 is 26.1. The molecule has 0 aliphatic rings. The number of ether oxygens (including phenoxy) is 2. The Kier molecular flexibility index (Phi) is 6.86. The van der Waals surface area contributed by atoms with Crippen LogP contribution in [0.15, 0.2) is 71.8 Å². The van der Waals surface area contributed by atoms with Gasteiger partial charge in [0.15, 0.2) is 23.9 Å². The number of rotatable bonds is 8. The van der Waals surface area contributed by atoms with Crippen molar-refractivity contribution in [3.8, 4) is 22.9 Å². The van der Waals surface area contributed by atoms with Gasteiger partial charge in [-0.05, 0) is 67.1 Å². The number of carbonyl (C=O) groups is 1. The van der Waals surface area contributed by atoms with Crippen LogP contribution in [-0.2, 0) is 4.79 Å². The van der Waals surface area contributed by atoms with Crippen molar-refractivity contribution < 1.29 is 18.7 Å². The van der Waals surface area contributed by atoms with Crippen LogP contribution in [0.4, 0.5) is 10.1 Å². The van der Waals surface area contributed by atoms with E-state index < -0.39 is 5.91 Å². The van der Waals surface area contributed by atoms with Gasteiger partial charge in [-0.3, -0.25) is 14.6 Å². The lowest BCUT2D eigenvalue weighted by Crippen LogP contribution is -2.23. The van der Waals surface area contributed by atoms with E-state index in [0.29, 0.717) is 44.7 Å². The fourth-order valence-corrected chi connectivity index (χ4v) is 4.39. The minimum absolute atomic E-state index is 0.265. The molecule has 5 aromatic rings. The van der Waals surface area contributed by atoms with Crippen LogP contribution in [0.1, 0.15) is 12.5 Å². The Morgan fingerprint density at radius 3 is 2.59 bits per heavy atom. The SMILES string of the molecule is CCOc1cc(/C=c2\sc3nc(-c4ccncc4)nn3c2=O)ccc1OCC(=O)Nc1ccc(F)cc1. The molecule has 0 aliphatic heterocycles. The molecule has 3 aromatic heterocycles. The maximum atomic E-state index is 13.0. The monoisotopic (exact) mass is 517 g/mol. The van der Waals surface area contributed by atoms with E-state index in [1.807, 2.05) is 6.92 Å². The Bertz CT molecular complexity index is 1670. The van der Waals surface area contributed by atoms with Gasteiger partial charge in [0.2, 0.25) is 4.96 Å². The van der Waals surface area contributed by atoms with E-state index in [2.05, 4.69) is 20.4 Å². The summed E-state index contributed by atoms with van der Waals surface area (Å²) in [7, 11) is 0. The topological polar surface area (TPSA) is 108 Å². The Balaban J connectivity index is 1.34. The van der Waals surface area contributed by atoms with Crippen LogP contribution in [-0.4, -0.2) is 38.7 Å². The summed E-state index contributed by atoms with van der Waals surface area (Å²) in [6.45, 7) is 1.94. The second kappa shape index (κ2) is 10.5. The molecule has 2 aromatic carbocycles. The van der Waals surface area contributed by atoms with E-state index in [1.54, 1.807) is 48.8 Å². The van der Waals surface area contributed by atoms with Crippen molar-refractivity contribution in [2.45, 2.75) is 6.92 Å². The first-order chi connectivity index (χ1) is 18.0. The Labute approximate surface area is 213 Å². The number of pyridine rings is 1. The molecule has 5 rings (SSSR count). The molecule has 1 N–H and O–H groups in total. The zero-order valence-electron chi connectivity index (χ0n) is 19.6. The predicted octanol–water partition coefficient (Wildman–Crippen LogP) is 3.32. The molecule has 3 heterocycles. The number of nitrogens with one attached hydrogen (secondary N) is 1. The molecule has 1 amide bonds. The van der Waals surface area contributed by atoms with E-state index in [0.717, 1.165) is 5.56 Å². The molecule has 0 fully saturated rings. The zero-order valence-corrected chi connectivity index (χ0v) is 20.4. The van der Waals surface area contributed by atoms with E-state index in [1.165, 1.54) is 40.1 Å². The third-order valence-electron chi connectivity index (χ3n) is 5.17. The molecular weight excluding hydrogens is 497 g/mol. The lowest BCUT2D eigenvalue weighted by atomic mass is 10.2. The third-order valence-corrected chi connectivity index (χ3v) is 6.13. The highest BCUT2D eigenvalue weighted by Gasteiger charge is 2.13. The highest BCUT2D eigenvalue weighted by atomic mass is 32.1. The molecule has 11 heteroatoms. The van der Waals surface area contributed by atoms with Gasteiger partial charge in [-0.25, -0.2) is 4.39 Å². The Hall–Kier alpha value is -4.64. The molecule has 186 valence electrons. The van der Waals surface area contributed by atoms with Crippen LogP contribution in [0.25, 0.3) is 22.4 Å². The average molecular weight is 518 g/mol. The highest BCUT2D eigenvalue weighted by Crippen LogP contribution is 2.29. The van der Waals surface area contributed by atoms with E-state index in [4.69, 9.17) is 9.47 Å². The Morgan fingerprint density at radius 1 is 1.08 bits per heavy atom. The summed E-state index contributed by atoms with van der Waals surface area (Å²) in [4.78, 5) is 34.1. The number of anilines is 1. The van der Waals surface area contributed by atoms with Crippen molar-refractivity contribution >= 4 is 34.0 Å². The number of hydrogen-bond acceptors (Lipinski definition) is 8. The van der Waals surface area contributed by atoms with Gasteiger partial charge in [-0.15, -0.1) is 5.10 Å². The van der Waals surface area contributed by atoms with Crippen molar-refractivity contribution in [3.05, 3.63) is 93.3 Å². The molecule has 0 radical (unpaired) electrons. The zero-order chi connectivity index (χ0) is 25.8. The van der Waals surface area contributed by atoms with Crippen molar-refractivity contribution in [1.82, 2.24) is 19.6 Å². The van der Waals surface area contributed by atoms with Gasteiger partial charge >= 0.3 is 0 Å². The maximum absolute atomic E-state index is 13.0. The molecule has 0 aliphatic carbocycles. The summed E-state index contributed by atoms with van der Waals surface area (Å²) >= 11 is 1.23. The van der Waals surface area contributed by atoms with Crippen molar-refractivity contribution in [1.29, 1.82) is 0 Å². The van der Waals surface area contributed by atoms with Crippen molar-refractivity contribution in [2.75, 3.05) is 18.5 Å². The van der Waals surface area contributed by atoms with Crippen LogP contribution in [0.5, 0.6) is 11.5 Å². The van der Waals surface area contributed by atoms with Gasteiger partial charge in [0.05, 0.1) is 11.1 Å². The van der Waals surface area contributed by atoms with Crippen LogP contribution >= 0.6 is 11.3 Å². The summed E-state index contributed by atoms with van der Waals surface area (Å²) in [5.41, 5.74) is 1.67. The van der Waals surface area contributed by atoms with E-state index >= 15 is 0 Å². The smallest absolute Gasteiger partial charge is 0.291 e. The molecule has 0 atom stereocenters. The van der Waals surface area contributed by atoms with Crippen LogP contribution in [0.2, 0.25) is 0 Å². The fourth-order valence-electron chi connectivity index (χ4n) is 3.48. The van der Waals surface area contributed by atoms with Crippen molar-refractivity contribution in [2.24, 2.45) is 0 Å². The first-order valence-electron chi connectivity index (χ1n) is 11.3. The first kappa shape index (κ1) is 24.1. The minimum Gasteiger partial charge on any atom is -0.490 e.